The van der Waals surface area contributed by atoms with E-state index in [1.54, 1.807) is 20.8 Å². The maximum atomic E-state index is 13.6. The number of benzene rings is 1. The Morgan fingerprint density at radius 2 is 1.76 bits per heavy atom. The second kappa shape index (κ2) is 11.7. The SMILES string of the molecule is CC(C)Cn1c(N(C)C(=O)OC(C)(C)C)c(OCCCC(F)(F)F)c2cc(OCC(N)=O)ccc2c1=O. The van der Waals surface area contributed by atoms with E-state index in [0.717, 1.165) is 4.90 Å². The molecular weight excluding hydrogens is 495 g/mol. The van der Waals surface area contributed by atoms with Gasteiger partial charge in [-0.3, -0.25) is 19.1 Å². The summed E-state index contributed by atoms with van der Waals surface area (Å²) in [6.07, 6.45) is -6.57. The van der Waals surface area contributed by atoms with E-state index in [1.807, 2.05) is 13.8 Å². The molecule has 0 saturated carbocycles. The first kappa shape index (κ1) is 29.8. The fourth-order valence-electron chi connectivity index (χ4n) is 3.50. The van der Waals surface area contributed by atoms with Crippen molar-refractivity contribution in [3.05, 3.63) is 28.6 Å². The third-order valence-corrected chi connectivity index (χ3v) is 4.93. The van der Waals surface area contributed by atoms with E-state index in [9.17, 15) is 27.6 Å². The number of nitrogens with zero attached hydrogens (tertiary/aromatic N) is 2. The van der Waals surface area contributed by atoms with Crippen LogP contribution < -0.4 is 25.7 Å². The number of fused-ring (bicyclic) bond motifs is 1. The highest BCUT2D eigenvalue weighted by atomic mass is 19.4. The molecule has 0 saturated heterocycles. The number of carbonyl (C=O) groups is 2. The smallest absolute Gasteiger partial charge is 0.415 e. The fourth-order valence-corrected chi connectivity index (χ4v) is 3.50. The van der Waals surface area contributed by atoms with Crippen molar-refractivity contribution in [3.63, 3.8) is 0 Å². The number of amides is 2. The fraction of sp³-hybridized carbons (Fsp3) is 0.560. The topological polar surface area (TPSA) is 113 Å². The summed E-state index contributed by atoms with van der Waals surface area (Å²) in [6, 6.07) is 4.35. The third-order valence-electron chi connectivity index (χ3n) is 4.93. The molecule has 0 aliphatic rings. The minimum Gasteiger partial charge on any atom is -0.489 e. The molecule has 0 aliphatic heterocycles. The van der Waals surface area contributed by atoms with E-state index >= 15 is 0 Å². The van der Waals surface area contributed by atoms with Crippen molar-refractivity contribution in [2.24, 2.45) is 11.7 Å². The first-order valence-corrected chi connectivity index (χ1v) is 11.8. The maximum Gasteiger partial charge on any atom is 0.415 e. The van der Waals surface area contributed by atoms with Gasteiger partial charge in [0.15, 0.2) is 18.2 Å². The van der Waals surface area contributed by atoms with E-state index in [1.165, 1.54) is 29.8 Å². The molecule has 2 amide bonds. The highest BCUT2D eigenvalue weighted by molar-refractivity contribution is 5.97. The molecule has 0 aliphatic carbocycles. The van der Waals surface area contributed by atoms with E-state index in [4.69, 9.17) is 19.9 Å². The number of hydrogen-bond donors (Lipinski definition) is 1. The molecule has 2 rings (SSSR count). The Morgan fingerprint density at radius 1 is 1.11 bits per heavy atom. The molecule has 1 heterocycles. The number of nitrogens with two attached hydrogens (primary N) is 1. The van der Waals surface area contributed by atoms with Crippen LogP contribution in [-0.4, -0.2) is 48.6 Å². The van der Waals surface area contributed by atoms with Crippen LogP contribution >= 0.6 is 0 Å². The standard InChI is InChI=1S/C25H34F3N3O6/c1-15(2)13-31-21(30(6)23(34)37-24(3,4)5)20(35-11-7-10-25(26,27)28)18-12-16(36-14-19(29)32)8-9-17(18)22(31)33/h8-9,12,15H,7,10-11,13-14H2,1-6H3,(H2,29,32). The van der Waals surface area contributed by atoms with Crippen molar-refractivity contribution in [1.29, 1.82) is 0 Å². The number of pyridine rings is 1. The van der Waals surface area contributed by atoms with Gasteiger partial charge in [-0.05, 0) is 51.3 Å². The van der Waals surface area contributed by atoms with Crippen LogP contribution in [-0.2, 0) is 16.1 Å². The predicted molar refractivity (Wildman–Crippen MR) is 133 cm³/mol. The Bertz CT molecular complexity index is 1190. The molecular formula is C25H34F3N3O6. The molecule has 1 aromatic carbocycles. The second-order valence-electron chi connectivity index (χ2n) is 10.0. The van der Waals surface area contributed by atoms with Gasteiger partial charge in [-0.25, -0.2) is 4.79 Å². The lowest BCUT2D eigenvalue weighted by Gasteiger charge is -2.29. The highest BCUT2D eigenvalue weighted by Crippen LogP contribution is 2.37. The summed E-state index contributed by atoms with van der Waals surface area (Å²) in [5.74, 6) is -0.535. The molecule has 0 radical (unpaired) electrons. The van der Waals surface area contributed by atoms with Gasteiger partial charge in [0.25, 0.3) is 11.5 Å². The zero-order valence-electron chi connectivity index (χ0n) is 21.9. The summed E-state index contributed by atoms with van der Waals surface area (Å²) < 4.78 is 56.3. The maximum absolute atomic E-state index is 13.6. The van der Waals surface area contributed by atoms with Gasteiger partial charge >= 0.3 is 12.3 Å². The molecule has 0 bridgehead atoms. The minimum atomic E-state index is -4.37. The van der Waals surface area contributed by atoms with Gasteiger partial charge in [0.1, 0.15) is 11.4 Å². The summed E-state index contributed by atoms with van der Waals surface area (Å²) in [5, 5.41) is 0.392. The monoisotopic (exact) mass is 529 g/mol. The van der Waals surface area contributed by atoms with Crippen LogP contribution in [0.1, 0.15) is 47.5 Å². The van der Waals surface area contributed by atoms with Gasteiger partial charge < -0.3 is 19.9 Å². The van der Waals surface area contributed by atoms with Crippen LogP contribution in [0.4, 0.5) is 23.8 Å². The van der Waals surface area contributed by atoms with Crippen molar-refractivity contribution < 1.29 is 37.0 Å². The number of ether oxygens (including phenoxy) is 3. The average Bonchev–Trinajstić information content (AvgIpc) is 2.75. The Labute approximate surface area is 213 Å². The van der Waals surface area contributed by atoms with E-state index < -0.39 is 42.4 Å². The molecule has 37 heavy (non-hydrogen) atoms. The van der Waals surface area contributed by atoms with E-state index in [-0.39, 0.29) is 53.6 Å². The minimum absolute atomic E-state index is 0.00955. The lowest BCUT2D eigenvalue weighted by atomic mass is 10.1. The predicted octanol–water partition coefficient (Wildman–Crippen LogP) is 4.61. The number of carbonyl (C=O) groups excluding carboxylic acids is 2. The van der Waals surface area contributed by atoms with Gasteiger partial charge in [0.2, 0.25) is 0 Å². The quantitative estimate of drug-likeness (QED) is 0.450. The Morgan fingerprint density at radius 3 is 2.30 bits per heavy atom. The molecule has 0 spiro atoms. The van der Waals surface area contributed by atoms with Gasteiger partial charge in [0.05, 0.1) is 12.0 Å². The molecule has 12 heteroatoms. The summed E-state index contributed by atoms with van der Waals surface area (Å²) >= 11 is 0. The number of alkyl halides is 3. The van der Waals surface area contributed by atoms with Crippen LogP contribution in [0.3, 0.4) is 0 Å². The summed E-state index contributed by atoms with van der Waals surface area (Å²) in [4.78, 5) is 38.8. The van der Waals surface area contributed by atoms with Crippen molar-refractivity contribution in [2.75, 3.05) is 25.2 Å². The summed E-state index contributed by atoms with van der Waals surface area (Å²) in [5.41, 5.74) is 3.85. The number of hydrogen-bond acceptors (Lipinski definition) is 6. The van der Waals surface area contributed by atoms with Crippen molar-refractivity contribution in [1.82, 2.24) is 4.57 Å². The van der Waals surface area contributed by atoms with Crippen molar-refractivity contribution in [2.45, 2.75) is 65.8 Å². The van der Waals surface area contributed by atoms with Crippen LogP contribution in [0.5, 0.6) is 11.5 Å². The highest BCUT2D eigenvalue weighted by Gasteiger charge is 2.30. The number of halogens is 3. The van der Waals surface area contributed by atoms with E-state index in [2.05, 4.69) is 0 Å². The third kappa shape index (κ3) is 8.57. The van der Waals surface area contributed by atoms with E-state index in [0.29, 0.717) is 0 Å². The number of anilines is 1. The molecule has 1 aromatic heterocycles. The molecule has 2 aromatic rings. The van der Waals surface area contributed by atoms with Crippen molar-refractivity contribution >= 4 is 28.6 Å². The van der Waals surface area contributed by atoms with Crippen LogP contribution in [0.2, 0.25) is 0 Å². The normalized spacial score (nSPS) is 12.1. The Hall–Kier alpha value is -3.44. The number of primary amides is 1. The summed E-state index contributed by atoms with van der Waals surface area (Å²) in [6.45, 7) is 8.21. The van der Waals surface area contributed by atoms with Crippen LogP contribution in [0.15, 0.2) is 23.0 Å². The van der Waals surface area contributed by atoms with Crippen LogP contribution in [0.25, 0.3) is 10.8 Å². The summed E-state index contributed by atoms with van der Waals surface area (Å²) in [7, 11) is 1.39. The molecule has 0 fully saturated rings. The molecule has 206 valence electrons. The van der Waals surface area contributed by atoms with Crippen LogP contribution in [0, 0.1) is 5.92 Å². The zero-order chi connectivity index (χ0) is 28.1. The number of rotatable bonds is 10. The Kier molecular flexibility index (Phi) is 9.45. The first-order chi connectivity index (χ1) is 17.0. The van der Waals surface area contributed by atoms with Gasteiger partial charge in [0, 0.05) is 25.4 Å². The lowest BCUT2D eigenvalue weighted by Crippen LogP contribution is -2.38. The molecule has 2 N–H and O–H groups in total. The zero-order valence-corrected chi connectivity index (χ0v) is 21.9. The average molecular weight is 530 g/mol. The Balaban J connectivity index is 2.76. The van der Waals surface area contributed by atoms with Gasteiger partial charge in [-0.1, -0.05) is 13.8 Å². The molecule has 9 nitrogen and oxygen atoms in total. The van der Waals surface area contributed by atoms with Gasteiger partial charge in [-0.2, -0.15) is 13.2 Å². The largest absolute Gasteiger partial charge is 0.489 e. The lowest BCUT2D eigenvalue weighted by molar-refractivity contribution is -0.136. The number of aromatic nitrogens is 1. The second-order valence-corrected chi connectivity index (χ2v) is 10.0. The van der Waals surface area contributed by atoms with Crippen molar-refractivity contribution in [3.8, 4) is 11.5 Å². The molecule has 0 atom stereocenters. The van der Waals surface area contributed by atoms with Gasteiger partial charge in [-0.15, -0.1) is 0 Å². The first-order valence-electron chi connectivity index (χ1n) is 11.8. The molecule has 0 unspecified atom stereocenters.